The van der Waals surface area contributed by atoms with Crippen molar-refractivity contribution >= 4 is 33.0 Å². The monoisotopic (exact) mass is 386 g/mol. The van der Waals surface area contributed by atoms with E-state index in [1.165, 1.54) is 43.4 Å². The van der Waals surface area contributed by atoms with Crippen molar-refractivity contribution in [2.45, 2.75) is 63.8 Å². The number of anilines is 1. The van der Waals surface area contributed by atoms with Gasteiger partial charge < -0.3 is 9.73 Å². The number of amides is 1. The average Bonchev–Trinajstić information content (AvgIpc) is 3.27. The Bertz CT molecular complexity index is 931. The number of hydrogen-bond acceptors (Lipinski definition) is 5. The summed E-state index contributed by atoms with van der Waals surface area (Å²) in [6.07, 6.45) is 10.4. The molecular weight excluding hydrogens is 360 g/mol. The molecule has 5 nitrogen and oxygen atoms in total. The number of nitrogens with zero attached hydrogens (tertiary/aromatic N) is 1. The highest BCUT2D eigenvalue weighted by Gasteiger charge is 2.36. The van der Waals surface area contributed by atoms with Gasteiger partial charge in [-0.1, -0.05) is 12.8 Å². The molecule has 1 saturated heterocycles. The highest BCUT2D eigenvalue weighted by Crippen LogP contribution is 2.37. The number of carbonyl (C=O) groups excluding carboxylic acids is 1. The molecule has 2 atom stereocenters. The lowest BCUT2D eigenvalue weighted by atomic mass is 9.85. The van der Waals surface area contributed by atoms with E-state index in [2.05, 4.69) is 10.2 Å². The summed E-state index contributed by atoms with van der Waals surface area (Å²) in [6.45, 7) is 1.44. The molecule has 144 valence electrons. The lowest BCUT2D eigenvalue weighted by Crippen LogP contribution is -2.39. The maximum Gasteiger partial charge on any atom is 0.346 e. The summed E-state index contributed by atoms with van der Waals surface area (Å²) < 4.78 is 5.59. The van der Waals surface area contributed by atoms with Crippen molar-refractivity contribution in [1.29, 1.82) is 0 Å². The number of carbonyl (C=O) groups is 1. The molecule has 6 heteroatoms. The number of aryl methyl sites for hydroxylation is 2. The van der Waals surface area contributed by atoms with Crippen LogP contribution < -0.4 is 10.9 Å². The smallest absolute Gasteiger partial charge is 0.346 e. The van der Waals surface area contributed by atoms with E-state index in [-0.39, 0.29) is 11.5 Å². The van der Waals surface area contributed by atoms with E-state index >= 15 is 0 Å². The number of rotatable bonds is 3. The van der Waals surface area contributed by atoms with E-state index < -0.39 is 0 Å². The van der Waals surface area contributed by atoms with Gasteiger partial charge in [-0.2, -0.15) is 0 Å². The molecule has 3 heterocycles. The number of thiophene rings is 1. The first-order valence-electron chi connectivity index (χ1n) is 10.3. The van der Waals surface area contributed by atoms with Crippen LogP contribution in [0.1, 0.15) is 56.3 Å². The number of fused-ring (bicyclic) bond motifs is 4. The van der Waals surface area contributed by atoms with E-state index in [1.54, 1.807) is 0 Å². The van der Waals surface area contributed by atoms with E-state index in [0.717, 1.165) is 54.9 Å². The summed E-state index contributed by atoms with van der Waals surface area (Å²) in [4.78, 5) is 27.6. The van der Waals surface area contributed by atoms with Crippen molar-refractivity contribution in [3.05, 3.63) is 27.1 Å². The first-order chi connectivity index (χ1) is 13.2. The van der Waals surface area contributed by atoms with Crippen LogP contribution >= 0.6 is 11.3 Å². The van der Waals surface area contributed by atoms with Gasteiger partial charge in [-0.05, 0) is 56.6 Å². The molecule has 2 aromatic heterocycles. The molecule has 0 bridgehead atoms. The quantitative estimate of drug-likeness (QED) is 0.868. The van der Waals surface area contributed by atoms with Gasteiger partial charge >= 0.3 is 5.63 Å². The highest BCUT2D eigenvalue weighted by atomic mass is 32.1. The molecule has 27 heavy (non-hydrogen) atoms. The molecule has 5 rings (SSSR count). The molecule has 2 aliphatic carbocycles. The molecule has 1 amide bonds. The molecule has 2 fully saturated rings. The lowest BCUT2D eigenvalue weighted by Gasteiger charge is -2.31. The van der Waals surface area contributed by atoms with Gasteiger partial charge in [0.1, 0.15) is 16.1 Å². The second-order valence-corrected chi connectivity index (χ2v) is 9.15. The van der Waals surface area contributed by atoms with Crippen LogP contribution in [0.25, 0.3) is 10.8 Å². The van der Waals surface area contributed by atoms with E-state index in [4.69, 9.17) is 4.42 Å². The molecule has 2 aromatic rings. The molecular formula is C21H26N2O3S. The predicted molar refractivity (Wildman–Crippen MR) is 108 cm³/mol. The Morgan fingerprint density at radius 3 is 2.96 bits per heavy atom. The van der Waals surface area contributed by atoms with Crippen molar-refractivity contribution < 1.29 is 9.21 Å². The van der Waals surface area contributed by atoms with Gasteiger partial charge in [0, 0.05) is 23.2 Å². The van der Waals surface area contributed by atoms with E-state index in [0.29, 0.717) is 23.0 Å². The Morgan fingerprint density at radius 2 is 2.04 bits per heavy atom. The topological polar surface area (TPSA) is 62.6 Å². The fourth-order valence-corrected chi connectivity index (χ4v) is 6.34. The van der Waals surface area contributed by atoms with Gasteiger partial charge in [-0.15, -0.1) is 11.3 Å². The molecule has 0 aromatic carbocycles. The molecule has 0 spiro atoms. The molecule has 0 radical (unpaired) electrons. The van der Waals surface area contributed by atoms with Crippen LogP contribution in [0.4, 0.5) is 5.00 Å². The average molecular weight is 387 g/mol. The summed E-state index contributed by atoms with van der Waals surface area (Å²) in [6, 6.07) is 0.571. The third kappa shape index (κ3) is 3.13. The summed E-state index contributed by atoms with van der Waals surface area (Å²) >= 11 is 1.45. The molecule has 2 unspecified atom stereocenters. The van der Waals surface area contributed by atoms with Crippen LogP contribution in [0.5, 0.6) is 0 Å². The number of likely N-dealkylation sites (tertiary alicyclic amines) is 1. The SMILES string of the molecule is O=C(CN1CCC2CCCCC21)Nc1scc2c3c(oc(=O)c12)CCCC3. The van der Waals surface area contributed by atoms with Gasteiger partial charge in [0.05, 0.1) is 6.54 Å². The van der Waals surface area contributed by atoms with Crippen LogP contribution in [-0.2, 0) is 17.6 Å². The van der Waals surface area contributed by atoms with Crippen LogP contribution in [0.3, 0.4) is 0 Å². The number of nitrogens with one attached hydrogen (secondary N) is 1. The van der Waals surface area contributed by atoms with Crippen LogP contribution in [0.15, 0.2) is 14.6 Å². The van der Waals surface area contributed by atoms with E-state index in [9.17, 15) is 9.59 Å². The minimum atomic E-state index is -0.310. The predicted octanol–water partition coefficient (Wildman–Crippen LogP) is 3.94. The van der Waals surface area contributed by atoms with Crippen LogP contribution in [-0.4, -0.2) is 29.9 Å². The minimum Gasteiger partial charge on any atom is -0.427 e. The first kappa shape index (κ1) is 17.4. The Kier molecular flexibility index (Phi) is 4.56. The Morgan fingerprint density at radius 1 is 1.19 bits per heavy atom. The summed E-state index contributed by atoms with van der Waals surface area (Å²) in [5.74, 6) is 1.60. The van der Waals surface area contributed by atoms with Crippen molar-refractivity contribution in [3.8, 4) is 0 Å². The largest absolute Gasteiger partial charge is 0.427 e. The molecule has 1 saturated carbocycles. The summed E-state index contributed by atoms with van der Waals surface area (Å²) in [7, 11) is 0. The van der Waals surface area contributed by atoms with Gasteiger partial charge in [-0.25, -0.2) is 4.79 Å². The zero-order valence-electron chi connectivity index (χ0n) is 15.6. The van der Waals surface area contributed by atoms with Crippen molar-refractivity contribution in [3.63, 3.8) is 0 Å². The van der Waals surface area contributed by atoms with Crippen molar-refractivity contribution in [2.24, 2.45) is 5.92 Å². The Balaban J connectivity index is 1.36. The maximum absolute atomic E-state index is 12.7. The minimum absolute atomic E-state index is 0.0119. The van der Waals surface area contributed by atoms with Crippen LogP contribution in [0.2, 0.25) is 0 Å². The standard InChI is InChI=1S/C21H26N2O3S/c24-18(11-23-10-9-13-5-1-3-7-16(13)23)22-20-19-15(12-27-20)14-6-2-4-8-17(14)26-21(19)25/h12-13,16H,1-11H2,(H,22,24). The van der Waals surface area contributed by atoms with E-state index in [1.807, 2.05) is 5.38 Å². The molecule has 1 aliphatic heterocycles. The van der Waals surface area contributed by atoms with Crippen LogP contribution in [0, 0.1) is 5.92 Å². The first-order valence-corrected chi connectivity index (χ1v) is 11.2. The normalized spacial score (nSPS) is 25.3. The summed E-state index contributed by atoms with van der Waals surface area (Å²) in [5.41, 5.74) is 0.855. The fraction of sp³-hybridized carbons (Fsp3) is 0.619. The zero-order chi connectivity index (χ0) is 18.4. The second kappa shape index (κ2) is 7.06. The van der Waals surface area contributed by atoms with Gasteiger partial charge in [0.25, 0.3) is 0 Å². The van der Waals surface area contributed by atoms with Gasteiger partial charge in [-0.3, -0.25) is 9.69 Å². The molecule has 3 aliphatic rings. The Labute approximate surface area is 162 Å². The van der Waals surface area contributed by atoms with Crippen molar-refractivity contribution in [1.82, 2.24) is 4.90 Å². The zero-order valence-corrected chi connectivity index (χ0v) is 16.4. The maximum atomic E-state index is 12.7. The van der Waals surface area contributed by atoms with Gasteiger partial charge in [0.15, 0.2) is 0 Å². The lowest BCUT2D eigenvalue weighted by molar-refractivity contribution is -0.117. The summed E-state index contributed by atoms with van der Waals surface area (Å²) in [5, 5.41) is 7.22. The Hall–Kier alpha value is -1.66. The third-order valence-corrected chi connectivity index (χ3v) is 7.57. The highest BCUT2D eigenvalue weighted by molar-refractivity contribution is 7.16. The second-order valence-electron chi connectivity index (χ2n) is 8.27. The number of hydrogen-bond donors (Lipinski definition) is 1. The van der Waals surface area contributed by atoms with Gasteiger partial charge in [0.2, 0.25) is 5.91 Å². The fourth-order valence-electron chi connectivity index (χ4n) is 5.36. The van der Waals surface area contributed by atoms with Crippen molar-refractivity contribution in [2.75, 3.05) is 18.4 Å². The third-order valence-electron chi connectivity index (χ3n) is 6.68. The molecule has 1 N–H and O–H groups in total.